The van der Waals surface area contributed by atoms with Gasteiger partial charge in [0.25, 0.3) is 0 Å². The van der Waals surface area contributed by atoms with Crippen LogP contribution < -0.4 is 0 Å². The van der Waals surface area contributed by atoms with E-state index in [0.717, 1.165) is 12.8 Å². The Morgan fingerprint density at radius 3 is 1.85 bits per heavy atom. The molecular weight excluding hydrogens is 160 g/mol. The van der Waals surface area contributed by atoms with Crippen molar-refractivity contribution < 1.29 is 5.11 Å². The van der Waals surface area contributed by atoms with Gasteiger partial charge in [-0.2, -0.15) is 0 Å². The zero-order valence-corrected chi connectivity index (χ0v) is 10.1. The maximum atomic E-state index is 9.56. The van der Waals surface area contributed by atoms with E-state index < -0.39 is 5.60 Å². The summed E-state index contributed by atoms with van der Waals surface area (Å²) in [6.45, 7) is 12.9. The minimum Gasteiger partial charge on any atom is -0.390 e. The lowest BCUT2D eigenvalue weighted by molar-refractivity contribution is 0.0620. The van der Waals surface area contributed by atoms with Gasteiger partial charge in [0.05, 0.1) is 5.60 Å². The molecule has 0 aliphatic rings. The van der Waals surface area contributed by atoms with Crippen molar-refractivity contribution in [1.82, 2.24) is 0 Å². The fourth-order valence-corrected chi connectivity index (χ4v) is 1.75. The summed E-state index contributed by atoms with van der Waals surface area (Å²) in [6.07, 6.45) is 3.27. The van der Waals surface area contributed by atoms with E-state index in [0.29, 0.717) is 11.3 Å². The molecule has 0 aromatic rings. The molecule has 0 aliphatic carbocycles. The summed E-state index contributed by atoms with van der Waals surface area (Å²) in [7, 11) is 0. The number of hydrogen-bond acceptors (Lipinski definition) is 1. The lowest BCUT2D eigenvalue weighted by atomic mass is 9.82. The first-order valence-corrected chi connectivity index (χ1v) is 5.32. The molecule has 1 unspecified atom stereocenters. The van der Waals surface area contributed by atoms with Gasteiger partial charge < -0.3 is 5.11 Å². The molecule has 13 heavy (non-hydrogen) atoms. The predicted molar refractivity (Wildman–Crippen MR) is 58.8 cm³/mol. The summed E-state index contributed by atoms with van der Waals surface area (Å²) >= 11 is 0. The third-order valence-corrected chi connectivity index (χ3v) is 2.21. The summed E-state index contributed by atoms with van der Waals surface area (Å²) < 4.78 is 0. The first kappa shape index (κ1) is 13.0. The van der Waals surface area contributed by atoms with Crippen LogP contribution in [0.5, 0.6) is 0 Å². The van der Waals surface area contributed by atoms with Crippen molar-refractivity contribution in [2.75, 3.05) is 0 Å². The van der Waals surface area contributed by atoms with Crippen molar-refractivity contribution in [3.63, 3.8) is 0 Å². The lowest BCUT2D eigenvalue weighted by Gasteiger charge is -2.25. The van der Waals surface area contributed by atoms with E-state index in [4.69, 9.17) is 0 Å². The van der Waals surface area contributed by atoms with Crippen LogP contribution in [0.3, 0.4) is 0 Å². The highest BCUT2D eigenvalue weighted by Crippen LogP contribution is 2.28. The van der Waals surface area contributed by atoms with Crippen LogP contribution in [0.15, 0.2) is 0 Å². The maximum Gasteiger partial charge on any atom is 0.0591 e. The van der Waals surface area contributed by atoms with Gasteiger partial charge in [0.2, 0.25) is 0 Å². The maximum absolute atomic E-state index is 9.56. The highest BCUT2D eigenvalue weighted by molar-refractivity contribution is 4.71. The Hall–Kier alpha value is -0.0400. The zero-order chi connectivity index (χ0) is 10.7. The van der Waals surface area contributed by atoms with Crippen LogP contribution in [-0.2, 0) is 0 Å². The second-order valence-corrected chi connectivity index (χ2v) is 6.22. The van der Waals surface area contributed by atoms with Crippen LogP contribution in [0, 0.1) is 11.3 Å². The smallest absolute Gasteiger partial charge is 0.0591 e. The summed E-state index contributed by atoms with van der Waals surface area (Å²) in [5.74, 6) is 0.714. The quantitative estimate of drug-likeness (QED) is 0.711. The molecule has 1 N–H and O–H groups in total. The molecule has 0 saturated heterocycles. The summed E-state index contributed by atoms with van der Waals surface area (Å²) in [5, 5.41) is 9.56. The van der Waals surface area contributed by atoms with Crippen LogP contribution in [0.25, 0.3) is 0 Å². The van der Waals surface area contributed by atoms with Crippen LogP contribution in [-0.4, -0.2) is 10.7 Å². The van der Waals surface area contributed by atoms with Gasteiger partial charge in [-0.15, -0.1) is 0 Å². The van der Waals surface area contributed by atoms with Crippen molar-refractivity contribution in [2.45, 2.75) is 66.4 Å². The van der Waals surface area contributed by atoms with Crippen molar-refractivity contribution >= 4 is 0 Å². The monoisotopic (exact) mass is 186 g/mol. The number of rotatable bonds is 4. The molecule has 0 aromatic heterocycles. The molecule has 0 fully saturated rings. The summed E-state index contributed by atoms with van der Waals surface area (Å²) in [6, 6.07) is 0. The fourth-order valence-electron chi connectivity index (χ4n) is 1.75. The van der Waals surface area contributed by atoms with Crippen LogP contribution >= 0.6 is 0 Å². The van der Waals surface area contributed by atoms with E-state index in [1.54, 1.807) is 0 Å². The molecule has 0 rings (SSSR count). The largest absolute Gasteiger partial charge is 0.390 e. The van der Waals surface area contributed by atoms with Gasteiger partial charge in [0.15, 0.2) is 0 Å². The van der Waals surface area contributed by atoms with Gasteiger partial charge in [-0.25, -0.2) is 0 Å². The average molecular weight is 186 g/mol. The molecule has 1 atom stereocenters. The first-order chi connectivity index (χ1) is 5.60. The van der Waals surface area contributed by atoms with Gasteiger partial charge in [0, 0.05) is 0 Å². The van der Waals surface area contributed by atoms with E-state index in [-0.39, 0.29) is 0 Å². The second kappa shape index (κ2) is 4.45. The molecule has 0 amide bonds. The Labute approximate surface area is 83.5 Å². The highest BCUT2D eigenvalue weighted by Gasteiger charge is 2.18. The van der Waals surface area contributed by atoms with Gasteiger partial charge in [0.1, 0.15) is 0 Å². The fraction of sp³-hybridized carbons (Fsp3) is 1.00. The molecule has 0 aliphatic heterocycles. The van der Waals surface area contributed by atoms with Crippen molar-refractivity contribution in [3.8, 4) is 0 Å². The van der Waals surface area contributed by atoms with E-state index in [2.05, 4.69) is 27.7 Å². The molecule has 80 valence electrons. The van der Waals surface area contributed by atoms with Gasteiger partial charge >= 0.3 is 0 Å². The second-order valence-electron chi connectivity index (χ2n) is 6.22. The summed E-state index contributed by atoms with van der Waals surface area (Å²) in [5.41, 5.74) is -0.0782. The minimum atomic E-state index is -0.494. The molecular formula is C12H26O. The zero-order valence-electron chi connectivity index (χ0n) is 10.1. The number of aliphatic hydroxyl groups is 1. The highest BCUT2D eigenvalue weighted by atomic mass is 16.3. The molecule has 1 nitrogen and oxygen atoms in total. The van der Waals surface area contributed by atoms with Gasteiger partial charge in [-0.05, 0) is 44.4 Å². The Balaban J connectivity index is 3.70. The topological polar surface area (TPSA) is 20.2 Å². The van der Waals surface area contributed by atoms with Crippen molar-refractivity contribution in [3.05, 3.63) is 0 Å². The standard InChI is InChI=1S/C12H26O/c1-10(9-11(2,3)4)7-8-12(5,6)13/h10,13H,7-9H2,1-6H3. The van der Waals surface area contributed by atoms with Crippen LogP contribution in [0.2, 0.25) is 0 Å². The molecule has 0 heterocycles. The van der Waals surface area contributed by atoms with Gasteiger partial charge in [-0.3, -0.25) is 0 Å². The normalized spacial score (nSPS) is 15.9. The van der Waals surface area contributed by atoms with Crippen LogP contribution in [0.4, 0.5) is 0 Å². The van der Waals surface area contributed by atoms with E-state index in [9.17, 15) is 5.11 Å². The Morgan fingerprint density at radius 1 is 1.08 bits per heavy atom. The molecule has 1 heteroatoms. The summed E-state index contributed by atoms with van der Waals surface area (Å²) in [4.78, 5) is 0. The van der Waals surface area contributed by atoms with E-state index >= 15 is 0 Å². The Kier molecular flexibility index (Phi) is 4.44. The van der Waals surface area contributed by atoms with Crippen LogP contribution in [0.1, 0.15) is 60.8 Å². The Bertz CT molecular complexity index is 136. The number of hydrogen-bond donors (Lipinski definition) is 1. The van der Waals surface area contributed by atoms with Crippen molar-refractivity contribution in [1.29, 1.82) is 0 Å². The first-order valence-electron chi connectivity index (χ1n) is 5.32. The Morgan fingerprint density at radius 2 is 1.54 bits per heavy atom. The molecule has 0 bridgehead atoms. The molecule has 0 radical (unpaired) electrons. The predicted octanol–water partition coefficient (Wildman–Crippen LogP) is 3.61. The third kappa shape index (κ3) is 9.88. The lowest BCUT2D eigenvalue weighted by Crippen LogP contribution is -2.20. The molecule has 0 spiro atoms. The molecule has 0 aromatic carbocycles. The van der Waals surface area contributed by atoms with Gasteiger partial charge in [-0.1, -0.05) is 27.7 Å². The van der Waals surface area contributed by atoms with E-state index in [1.165, 1.54) is 6.42 Å². The average Bonchev–Trinajstić information content (AvgIpc) is 1.78. The SMILES string of the molecule is CC(CCC(C)(C)O)CC(C)(C)C. The third-order valence-electron chi connectivity index (χ3n) is 2.21. The van der Waals surface area contributed by atoms with Crippen molar-refractivity contribution in [2.24, 2.45) is 11.3 Å². The molecule has 0 saturated carbocycles. The minimum absolute atomic E-state index is 0.416. The van der Waals surface area contributed by atoms with E-state index in [1.807, 2.05) is 13.8 Å².